The van der Waals surface area contributed by atoms with Crippen LogP contribution in [-0.2, 0) is 0 Å². The van der Waals surface area contributed by atoms with Crippen LogP contribution in [0.5, 0.6) is 0 Å². The average molecular weight is 310 g/mol. The smallest absolute Gasteiger partial charge is 0.174 e. The number of fused-ring (bicyclic) bond motifs is 1. The average Bonchev–Trinajstić information content (AvgIpc) is 3.27. The zero-order chi connectivity index (χ0) is 16.5. The summed E-state index contributed by atoms with van der Waals surface area (Å²) in [4.78, 5) is 7.66. The van der Waals surface area contributed by atoms with Crippen LogP contribution in [0.3, 0.4) is 0 Å². The van der Waals surface area contributed by atoms with Gasteiger partial charge >= 0.3 is 0 Å². The lowest BCUT2D eigenvalue weighted by Crippen LogP contribution is -1.77. The first kappa shape index (κ1) is 13.8. The molecule has 0 aliphatic rings. The number of imidazole rings is 1. The van der Waals surface area contributed by atoms with Crippen molar-refractivity contribution in [3.8, 4) is 35.0 Å². The highest BCUT2D eigenvalue weighted by atomic mass is 16.3. The maximum atomic E-state index is 8.96. The molecular formula is C19H10N4O. The van der Waals surface area contributed by atoms with Crippen molar-refractivity contribution in [2.45, 2.75) is 0 Å². The molecule has 0 aliphatic carbocycles. The highest BCUT2D eigenvalue weighted by Crippen LogP contribution is 2.28. The molecule has 4 aromatic rings. The number of nitrogens with zero attached hydrogens (tertiary/aromatic N) is 3. The fraction of sp³-hybridized carbons (Fsp3) is 0. The van der Waals surface area contributed by atoms with Gasteiger partial charge in [0.2, 0.25) is 0 Å². The summed E-state index contributed by atoms with van der Waals surface area (Å²) in [5.74, 6) is 1.93. The van der Waals surface area contributed by atoms with E-state index in [9.17, 15) is 0 Å². The summed E-state index contributed by atoms with van der Waals surface area (Å²) in [6.45, 7) is 0. The van der Waals surface area contributed by atoms with Crippen LogP contribution < -0.4 is 0 Å². The van der Waals surface area contributed by atoms with Gasteiger partial charge in [0.25, 0.3) is 0 Å². The fourth-order valence-corrected chi connectivity index (χ4v) is 2.53. The molecule has 5 heteroatoms. The van der Waals surface area contributed by atoms with Crippen LogP contribution in [-0.4, -0.2) is 9.97 Å². The Kier molecular flexibility index (Phi) is 3.12. The first-order valence-electron chi connectivity index (χ1n) is 7.27. The van der Waals surface area contributed by atoms with E-state index in [1.807, 2.05) is 24.3 Å². The van der Waals surface area contributed by atoms with E-state index in [1.165, 1.54) is 0 Å². The number of benzene rings is 2. The second-order valence-corrected chi connectivity index (χ2v) is 5.28. The third kappa shape index (κ3) is 2.31. The number of hydrogen-bond acceptors (Lipinski definition) is 4. The number of aromatic amines is 1. The Bertz CT molecular complexity index is 1120. The summed E-state index contributed by atoms with van der Waals surface area (Å²) in [7, 11) is 0. The van der Waals surface area contributed by atoms with Crippen molar-refractivity contribution in [1.82, 2.24) is 9.97 Å². The molecule has 0 radical (unpaired) electrons. The summed E-state index contributed by atoms with van der Waals surface area (Å²) in [6.07, 6.45) is 0. The molecule has 2 heterocycles. The van der Waals surface area contributed by atoms with E-state index < -0.39 is 0 Å². The van der Waals surface area contributed by atoms with Gasteiger partial charge in [0, 0.05) is 5.56 Å². The molecule has 0 saturated carbocycles. The van der Waals surface area contributed by atoms with Gasteiger partial charge in [-0.1, -0.05) is 0 Å². The Morgan fingerprint density at radius 3 is 2.29 bits per heavy atom. The monoisotopic (exact) mass is 310 g/mol. The standard InChI is InChI=1S/C19H10N4O/c20-10-12-1-4-14(5-2-12)17-7-8-18(24-17)19-22-15-6-3-13(11-21)9-16(15)23-19/h1-9H,(H,22,23). The molecule has 2 aromatic carbocycles. The van der Waals surface area contributed by atoms with Crippen molar-refractivity contribution in [3.63, 3.8) is 0 Å². The van der Waals surface area contributed by atoms with Gasteiger partial charge in [0.15, 0.2) is 11.6 Å². The molecule has 2 aromatic heterocycles. The van der Waals surface area contributed by atoms with Crippen LogP contribution in [0.15, 0.2) is 59.0 Å². The van der Waals surface area contributed by atoms with Crippen LogP contribution >= 0.6 is 0 Å². The zero-order valence-electron chi connectivity index (χ0n) is 12.4. The van der Waals surface area contributed by atoms with Crippen LogP contribution in [0.25, 0.3) is 33.9 Å². The lowest BCUT2D eigenvalue weighted by atomic mass is 10.1. The number of rotatable bonds is 2. The molecule has 5 nitrogen and oxygen atoms in total. The Labute approximate surface area is 137 Å². The molecule has 0 unspecified atom stereocenters. The second kappa shape index (κ2) is 5.42. The summed E-state index contributed by atoms with van der Waals surface area (Å²) in [5.41, 5.74) is 3.65. The number of aromatic nitrogens is 2. The first-order chi connectivity index (χ1) is 11.8. The molecule has 24 heavy (non-hydrogen) atoms. The minimum Gasteiger partial charge on any atom is -0.453 e. The highest BCUT2D eigenvalue weighted by Gasteiger charge is 2.11. The Balaban J connectivity index is 1.71. The van der Waals surface area contributed by atoms with Crippen molar-refractivity contribution in [3.05, 3.63) is 65.7 Å². The molecular weight excluding hydrogens is 300 g/mol. The highest BCUT2D eigenvalue weighted by molar-refractivity contribution is 5.80. The summed E-state index contributed by atoms with van der Waals surface area (Å²) >= 11 is 0. The number of nitrogens with one attached hydrogen (secondary N) is 1. The molecule has 0 aliphatic heterocycles. The van der Waals surface area contributed by atoms with E-state index in [2.05, 4.69) is 22.1 Å². The predicted octanol–water partition coefficient (Wildman–Crippen LogP) is 4.23. The van der Waals surface area contributed by atoms with Crippen LogP contribution in [0.1, 0.15) is 11.1 Å². The minimum absolute atomic E-state index is 0.579. The summed E-state index contributed by atoms with van der Waals surface area (Å²) in [6, 6.07) is 20.4. The number of furan rings is 1. The van der Waals surface area contributed by atoms with Crippen molar-refractivity contribution in [2.24, 2.45) is 0 Å². The SMILES string of the molecule is N#Cc1ccc(-c2ccc(-c3nc4ccc(C#N)cc4[nH]3)o2)cc1. The van der Waals surface area contributed by atoms with Gasteiger partial charge in [-0.15, -0.1) is 0 Å². The molecule has 0 spiro atoms. The number of hydrogen-bond donors (Lipinski definition) is 1. The first-order valence-corrected chi connectivity index (χ1v) is 7.27. The zero-order valence-corrected chi connectivity index (χ0v) is 12.4. The second-order valence-electron chi connectivity index (χ2n) is 5.28. The van der Waals surface area contributed by atoms with E-state index in [0.29, 0.717) is 28.5 Å². The van der Waals surface area contributed by atoms with Gasteiger partial charge < -0.3 is 9.40 Å². The molecule has 0 fully saturated rings. The van der Waals surface area contributed by atoms with Crippen molar-refractivity contribution in [1.29, 1.82) is 10.5 Å². The van der Waals surface area contributed by atoms with Crippen molar-refractivity contribution in [2.75, 3.05) is 0 Å². The molecule has 0 bridgehead atoms. The van der Waals surface area contributed by atoms with E-state index in [0.717, 1.165) is 16.6 Å². The quantitative estimate of drug-likeness (QED) is 0.600. The number of H-pyrrole nitrogens is 1. The van der Waals surface area contributed by atoms with Gasteiger partial charge in [0.05, 0.1) is 34.3 Å². The summed E-state index contributed by atoms with van der Waals surface area (Å²) in [5, 5.41) is 17.8. The third-order valence-electron chi connectivity index (χ3n) is 3.75. The van der Waals surface area contributed by atoms with E-state index in [-0.39, 0.29) is 0 Å². The van der Waals surface area contributed by atoms with Gasteiger partial charge in [-0.05, 0) is 54.6 Å². The summed E-state index contributed by atoms with van der Waals surface area (Å²) < 4.78 is 5.87. The molecule has 1 N–H and O–H groups in total. The fourth-order valence-electron chi connectivity index (χ4n) is 2.53. The topological polar surface area (TPSA) is 89.4 Å². The van der Waals surface area contributed by atoms with Gasteiger partial charge in [0.1, 0.15) is 5.76 Å². The van der Waals surface area contributed by atoms with Crippen LogP contribution in [0.4, 0.5) is 0 Å². The maximum absolute atomic E-state index is 8.96. The van der Waals surface area contributed by atoms with Gasteiger partial charge in [-0.3, -0.25) is 0 Å². The number of nitriles is 2. The maximum Gasteiger partial charge on any atom is 0.174 e. The van der Waals surface area contributed by atoms with E-state index in [1.54, 1.807) is 30.3 Å². The van der Waals surface area contributed by atoms with Crippen molar-refractivity contribution < 1.29 is 4.42 Å². The van der Waals surface area contributed by atoms with Crippen LogP contribution in [0, 0.1) is 22.7 Å². The lowest BCUT2D eigenvalue weighted by molar-refractivity contribution is 0.593. The minimum atomic E-state index is 0.579. The van der Waals surface area contributed by atoms with E-state index >= 15 is 0 Å². The molecule has 0 amide bonds. The Hall–Kier alpha value is -3.83. The Morgan fingerprint density at radius 1 is 0.833 bits per heavy atom. The molecule has 4 rings (SSSR count). The largest absolute Gasteiger partial charge is 0.453 e. The normalized spacial score (nSPS) is 10.4. The van der Waals surface area contributed by atoms with Crippen molar-refractivity contribution >= 4 is 11.0 Å². The molecule has 0 saturated heterocycles. The van der Waals surface area contributed by atoms with Crippen LogP contribution in [0.2, 0.25) is 0 Å². The van der Waals surface area contributed by atoms with Gasteiger partial charge in [-0.2, -0.15) is 10.5 Å². The molecule has 0 atom stereocenters. The lowest BCUT2D eigenvalue weighted by Gasteiger charge is -1.96. The van der Waals surface area contributed by atoms with Gasteiger partial charge in [-0.25, -0.2) is 4.98 Å². The molecule has 112 valence electrons. The third-order valence-corrected chi connectivity index (χ3v) is 3.75. The Morgan fingerprint density at radius 2 is 1.54 bits per heavy atom. The van der Waals surface area contributed by atoms with E-state index in [4.69, 9.17) is 14.9 Å². The predicted molar refractivity (Wildman–Crippen MR) is 88.7 cm³/mol.